The maximum absolute atomic E-state index is 12.9. The topological polar surface area (TPSA) is 78.9 Å². The normalized spacial score (nSPS) is 12.2. The largest absolute Gasteiger partial charge is 0.462 e. The number of esters is 3. The van der Waals surface area contributed by atoms with Crippen LogP contribution in [0.5, 0.6) is 0 Å². The van der Waals surface area contributed by atoms with Gasteiger partial charge in [0.2, 0.25) is 0 Å². The summed E-state index contributed by atoms with van der Waals surface area (Å²) in [5.41, 5.74) is 0. The highest BCUT2D eigenvalue weighted by atomic mass is 16.6. The van der Waals surface area contributed by atoms with Gasteiger partial charge in [-0.05, 0) is 77.0 Å². The van der Waals surface area contributed by atoms with Crippen LogP contribution in [0.1, 0.15) is 355 Å². The lowest BCUT2D eigenvalue weighted by Crippen LogP contribution is -2.30. The van der Waals surface area contributed by atoms with E-state index in [0.717, 1.165) is 70.6 Å². The fourth-order valence-corrected chi connectivity index (χ4v) is 9.71. The van der Waals surface area contributed by atoms with Gasteiger partial charge < -0.3 is 14.2 Å². The molecule has 428 valence electrons. The second-order valence-corrected chi connectivity index (χ2v) is 22.0. The van der Waals surface area contributed by atoms with E-state index in [9.17, 15) is 14.4 Å². The molecule has 0 aliphatic heterocycles. The molecule has 6 nitrogen and oxygen atoms in total. The van der Waals surface area contributed by atoms with E-state index in [1.165, 1.54) is 244 Å². The zero-order valence-corrected chi connectivity index (χ0v) is 49.2. The monoisotopic (exact) mass is 1020 g/mol. The molecular formula is C67H124O6. The predicted molar refractivity (Wildman–Crippen MR) is 316 cm³/mol. The van der Waals surface area contributed by atoms with Crippen molar-refractivity contribution in [3.63, 3.8) is 0 Å². The number of hydrogen-bond donors (Lipinski definition) is 0. The van der Waals surface area contributed by atoms with Gasteiger partial charge in [-0.15, -0.1) is 0 Å². The average Bonchev–Trinajstić information content (AvgIpc) is 3.39. The lowest BCUT2D eigenvalue weighted by molar-refractivity contribution is -0.167. The standard InChI is InChI=1S/C67H124O6/c1-4-7-10-13-16-19-22-25-28-30-32-33-34-35-36-38-39-42-45-48-51-54-57-60-66(69)72-63-64(62-71-65(68)59-56-53-50-47-44-41-27-24-21-18-15-12-9-6-3)73-67(70)61-58-55-52-49-46-43-40-37-31-29-26-23-20-17-14-11-8-5-2/h22,24-25,27,30,32,64H,4-21,23,26,28-29,31,33-63H2,1-3H3/b25-22-,27-24-,32-30-. The quantitative estimate of drug-likeness (QED) is 0.0261. The summed E-state index contributed by atoms with van der Waals surface area (Å²) < 4.78 is 16.9. The molecule has 0 amide bonds. The smallest absolute Gasteiger partial charge is 0.306 e. The second-order valence-electron chi connectivity index (χ2n) is 22.0. The number of unbranched alkanes of at least 4 members (excludes halogenated alkanes) is 43. The van der Waals surface area contributed by atoms with Crippen molar-refractivity contribution in [2.75, 3.05) is 13.2 Å². The van der Waals surface area contributed by atoms with E-state index in [-0.39, 0.29) is 31.1 Å². The molecule has 6 heteroatoms. The molecule has 0 bridgehead atoms. The van der Waals surface area contributed by atoms with E-state index in [1.807, 2.05) is 0 Å². The molecular weight excluding hydrogens is 901 g/mol. The summed E-state index contributed by atoms with van der Waals surface area (Å²) in [7, 11) is 0. The molecule has 0 aromatic rings. The van der Waals surface area contributed by atoms with Crippen LogP contribution in [-0.2, 0) is 28.6 Å². The van der Waals surface area contributed by atoms with Gasteiger partial charge in [0.15, 0.2) is 6.10 Å². The molecule has 0 N–H and O–H groups in total. The third-order valence-electron chi connectivity index (χ3n) is 14.6. The molecule has 0 aliphatic carbocycles. The van der Waals surface area contributed by atoms with Crippen LogP contribution in [0.15, 0.2) is 36.5 Å². The minimum absolute atomic E-state index is 0.0715. The molecule has 1 atom stereocenters. The molecule has 0 saturated carbocycles. The maximum atomic E-state index is 12.9. The number of rotatable bonds is 60. The van der Waals surface area contributed by atoms with Crippen molar-refractivity contribution < 1.29 is 28.6 Å². The fourth-order valence-electron chi connectivity index (χ4n) is 9.71. The average molecular weight is 1030 g/mol. The van der Waals surface area contributed by atoms with Crippen LogP contribution in [0.2, 0.25) is 0 Å². The first-order chi connectivity index (χ1) is 36.0. The molecule has 0 fully saturated rings. The second kappa shape index (κ2) is 62.2. The summed E-state index contributed by atoms with van der Waals surface area (Å²) >= 11 is 0. The number of carbonyl (C=O) groups excluding carboxylic acids is 3. The number of hydrogen-bond acceptors (Lipinski definition) is 6. The first-order valence-electron chi connectivity index (χ1n) is 32.5. The number of allylic oxidation sites excluding steroid dienone is 6. The van der Waals surface area contributed by atoms with Crippen molar-refractivity contribution in [2.24, 2.45) is 0 Å². The zero-order chi connectivity index (χ0) is 52.9. The first kappa shape index (κ1) is 70.6. The zero-order valence-electron chi connectivity index (χ0n) is 49.2. The van der Waals surface area contributed by atoms with Crippen molar-refractivity contribution in [3.8, 4) is 0 Å². The molecule has 0 rings (SSSR count). The minimum Gasteiger partial charge on any atom is -0.462 e. The third-order valence-corrected chi connectivity index (χ3v) is 14.6. The van der Waals surface area contributed by atoms with Gasteiger partial charge in [0.05, 0.1) is 0 Å². The first-order valence-corrected chi connectivity index (χ1v) is 32.5. The molecule has 0 radical (unpaired) electrons. The van der Waals surface area contributed by atoms with Gasteiger partial charge in [0.1, 0.15) is 13.2 Å². The van der Waals surface area contributed by atoms with E-state index in [2.05, 4.69) is 57.2 Å². The van der Waals surface area contributed by atoms with Crippen LogP contribution in [0.25, 0.3) is 0 Å². The summed E-state index contributed by atoms with van der Waals surface area (Å²) in [4.78, 5) is 38.3. The van der Waals surface area contributed by atoms with Crippen molar-refractivity contribution in [2.45, 2.75) is 361 Å². The summed E-state index contributed by atoms with van der Waals surface area (Å²) in [5, 5.41) is 0. The fraction of sp³-hybridized carbons (Fsp3) is 0.866. The molecule has 1 unspecified atom stereocenters. The lowest BCUT2D eigenvalue weighted by atomic mass is 10.0. The Bertz CT molecular complexity index is 1220. The summed E-state index contributed by atoms with van der Waals surface area (Å²) in [6.45, 7) is 6.67. The Morgan fingerprint density at radius 2 is 0.493 bits per heavy atom. The molecule has 0 spiro atoms. The minimum atomic E-state index is -0.774. The predicted octanol–water partition coefficient (Wildman–Crippen LogP) is 22.0. The van der Waals surface area contributed by atoms with Gasteiger partial charge in [0, 0.05) is 19.3 Å². The molecule has 73 heavy (non-hydrogen) atoms. The van der Waals surface area contributed by atoms with Gasteiger partial charge in [-0.25, -0.2) is 0 Å². The molecule has 0 aliphatic rings. The highest BCUT2D eigenvalue weighted by Crippen LogP contribution is 2.17. The highest BCUT2D eigenvalue weighted by Gasteiger charge is 2.19. The Kier molecular flexibility index (Phi) is 60.2. The Morgan fingerprint density at radius 1 is 0.274 bits per heavy atom. The van der Waals surface area contributed by atoms with Crippen LogP contribution < -0.4 is 0 Å². The Morgan fingerprint density at radius 3 is 0.767 bits per heavy atom. The van der Waals surface area contributed by atoms with Gasteiger partial charge in [0.25, 0.3) is 0 Å². The van der Waals surface area contributed by atoms with Crippen LogP contribution >= 0.6 is 0 Å². The van der Waals surface area contributed by atoms with E-state index < -0.39 is 6.10 Å². The van der Waals surface area contributed by atoms with Crippen molar-refractivity contribution >= 4 is 17.9 Å². The van der Waals surface area contributed by atoms with Crippen molar-refractivity contribution in [3.05, 3.63) is 36.5 Å². The Labute approximate surface area is 455 Å². The SMILES string of the molecule is CCCCCCC/C=C\C/C=C\CCCCCCCCCCCCCC(=O)OCC(COC(=O)CCCCCCC/C=C\CCCCCCC)OC(=O)CCCCCCCCCCCCCCCCCCCC. The van der Waals surface area contributed by atoms with Gasteiger partial charge in [-0.1, -0.05) is 295 Å². The van der Waals surface area contributed by atoms with Gasteiger partial charge in [-0.2, -0.15) is 0 Å². The lowest BCUT2D eigenvalue weighted by Gasteiger charge is -2.18. The molecule has 0 aromatic carbocycles. The van der Waals surface area contributed by atoms with Crippen LogP contribution in [0.4, 0.5) is 0 Å². The van der Waals surface area contributed by atoms with Crippen molar-refractivity contribution in [1.82, 2.24) is 0 Å². The number of ether oxygens (including phenoxy) is 3. The van der Waals surface area contributed by atoms with Crippen LogP contribution in [0.3, 0.4) is 0 Å². The summed E-state index contributed by atoms with van der Waals surface area (Å²) in [6.07, 6.45) is 75.8. The molecule has 0 saturated heterocycles. The third kappa shape index (κ3) is 60.4. The molecule has 0 aromatic heterocycles. The summed E-state index contributed by atoms with van der Waals surface area (Å²) in [6, 6.07) is 0. The van der Waals surface area contributed by atoms with E-state index in [0.29, 0.717) is 19.3 Å². The van der Waals surface area contributed by atoms with Gasteiger partial charge >= 0.3 is 17.9 Å². The molecule has 0 heterocycles. The van der Waals surface area contributed by atoms with E-state index in [4.69, 9.17) is 14.2 Å². The van der Waals surface area contributed by atoms with Crippen molar-refractivity contribution in [1.29, 1.82) is 0 Å². The van der Waals surface area contributed by atoms with Gasteiger partial charge in [-0.3, -0.25) is 14.4 Å². The number of carbonyl (C=O) groups is 3. The Hall–Kier alpha value is -2.37. The highest BCUT2D eigenvalue weighted by molar-refractivity contribution is 5.71. The van der Waals surface area contributed by atoms with Crippen LogP contribution in [0, 0.1) is 0 Å². The van der Waals surface area contributed by atoms with E-state index >= 15 is 0 Å². The maximum Gasteiger partial charge on any atom is 0.306 e. The van der Waals surface area contributed by atoms with E-state index in [1.54, 1.807) is 0 Å². The van der Waals surface area contributed by atoms with Crippen LogP contribution in [-0.4, -0.2) is 37.2 Å². The summed E-state index contributed by atoms with van der Waals surface area (Å²) in [5.74, 6) is -0.857. The Balaban J connectivity index is 4.29.